The van der Waals surface area contributed by atoms with Crippen molar-refractivity contribution in [3.8, 4) is 23.8 Å². The van der Waals surface area contributed by atoms with Crippen LogP contribution in [0.2, 0.25) is 0 Å². The first-order valence-corrected chi connectivity index (χ1v) is 3.17. The highest BCUT2D eigenvalue weighted by Crippen LogP contribution is 2.20. The second kappa shape index (κ2) is 2.97. The van der Waals surface area contributed by atoms with Crippen LogP contribution in [0.25, 0.3) is 0 Å². The first-order valence-electron chi connectivity index (χ1n) is 3.17. The van der Waals surface area contributed by atoms with Gasteiger partial charge in [-0.3, -0.25) is 4.79 Å². The zero-order valence-electron chi connectivity index (χ0n) is 6.11. The van der Waals surface area contributed by atoms with Crippen molar-refractivity contribution in [2.45, 2.75) is 0 Å². The SMILES string of the molecule is C#CC(=O)c1cc(O)cc(O)c1. The van der Waals surface area contributed by atoms with Crippen molar-refractivity contribution >= 4 is 5.78 Å². The third kappa shape index (κ3) is 1.55. The molecule has 0 radical (unpaired) electrons. The van der Waals surface area contributed by atoms with Gasteiger partial charge < -0.3 is 10.2 Å². The summed E-state index contributed by atoms with van der Waals surface area (Å²) in [5.74, 6) is 0.933. The summed E-state index contributed by atoms with van der Waals surface area (Å²) in [5, 5.41) is 17.9. The second-order valence-corrected chi connectivity index (χ2v) is 2.21. The molecule has 3 heteroatoms. The van der Waals surface area contributed by atoms with E-state index in [2.05, 4.69) is 0 Å². The van der Waals surface area contributed by atoms with Crippen LogP contribution in [-0.2, 0) is 0 Å². The monoisotopic (exact) mass is 162 g/mol. The fourth-order valence-corrected chi connectivity index (χ4v) is 0.810. The number of phenols is 2. The largest absolute Gasteiger partial charge is 0.508 e. The maximum atomic E-state index is 10.9. The van der Waals surface area contributed by atoms with E-state index in [1.807, 2.05) is 5.92 Å². The number of hydrogen-bond donors (Lipinski definition) is 2. The topological polar surface area (TPSA) is 57.5 Å². The molecular formula is C9H6O3. The van der Waals surface area contributed by atoms with Crippen molar-refractivity contribution in [1.82, 2.24) is 0 Å². The van der Waals surface area contributed by atoms with Gasteiger partial charge in [0, 0.05) is 11.6 Å². The normalized spacial score (nSPS) is 8.92. The summed E-state index contributed by atoms with van der Waals surface area (Å²) in [5.41, 5.74) is 0.106. The highest BCUT2D eigenvalue weighted by molar-refractivity contribution is 6.09. The molecule has 0 saturated carbocycles. The summed E-state index contributed by atoms with van der Waals surface area (Å²) in [6, 6.07) is 3.51. The van der Waals surface area contributed by atoms with Crippen LogP contribution in [0.1, 0.15) is 10.4 Å². The molecule has 0 spiro atoms. The molecule has 0 saturated heterocycles. The lowest BCUT2D eigenvalue weighted by Gasteiger charge is -1.97. The third-order valence-electron chi connectivity index (χ3n) is 1.30. The minimum Gasteiger partial charge on any atom is -0.508 e. The van der Waals surface area contributed by atoms with Gasteiger partial charge >= 0.3 is 0 Å². The van der Waals surface area contributed by atoms with E-state index in [1.54, 1.807) is 0 Å². The van der Waals surface area contributed by atoms with Gasteiger partial charge in [0.1, 0.15) is 11.5 Å². The fraction of sp³-hybridized carbons (Fsp3) is 0. The molecule has 0 fully saturated rings. The van der Waals surface area contributed by atoms with Crippen LogP contribution in [0.5, 0.6) is 11.5 Å². The molecule has 60 valence electrons. The average Bonchev–Trinajstić information content (AvgIpc) is 2.01. The van der Waals surface area contributed by atoms with Gasteiger partial charge in [0.25, 0.3) is 0 Å². The molecule has 2 N–H and O–H groups in total. The summed E-state index contributed by atoms with van der Waals surface area (Å²) in [6.07, 6.45) is 4.84. The number of rotatable bonds is 1. The highest BCUT2D eigenvalue weighted by Gasteiger charge is 2.04. The van der Waals surface area contributed by atoms with E-state index < -0.39 is 5.78 Å². The third-order valence-corrected chi connectivity index (χ3v) is 1.30. The van der Waals surface area contributed by atoms with Crippen LogP contribution in [0.3, 0.4) is 0 Å². The van der Waals surface area contributed by atoms with Crippen molar-refractivity contribution < 1.29 is 15.0 Å². The van der Waals surface area contributed by atoms with Crippen molar-refractivity contribution in [1.29, 1.82) is 0 Å². The first kappa shape index (κ1) is 8.15. The van der Waals surface area contributed by atoms with Gasteiger partial charge in [-0.25, -0.2) is 0 Å². The lowest BCUT2D eigenvalue weighted by atomic mass is 10.1. The molecule has 0 heterocycles. The molecule has 0 bridgehead atoms. The molecule has 3 nitrogen and oxygen atoms in total. The van der Waals surface area contributed by atoms with Crippen LogP contribution in [0.15, 0.2) is 18.2 Å². The van der Waals surface area contributed by atoms with Crippen molar-refractivity contribution in [2.75, 3.05) is 0 Å². The number of benzene rings is 1. The van der Waals surface area contributed by atoms with Crippen molar-refractivity contribution in [3.05, 3.63) is 23.8 Å². The number of carbonyl (C=O) groups is 1. The molecule has 1 aromatic rings. The Labute approximate surface area is 69.3 Å². The molecular weight excluding hydrogens is 156 g/mol. The number of Topliss-reactive ketones (excluding diaryl/α,β-unsaturated/α-hetero) is 1. The van der Waals surface area contributed by atoms with Gasteiger partial charge in [0.15, 0.2) is 0 Å². The molecule has 0 atom stereocenters. The Morgan fingerprint density at radius 2 is 1.75 bits per heavy atom. The van der Waals surface area contributed by atoms with Crippen LogP contribution in [0.4, 0.5) is 0 Å². The maximum Gasteiger partial charge on any atom is 0.235 e. The Morgan fingerprint density at radius 1 is 1.25 bits per heavy atom. The summed E-state index contributed by atoms with van der Waals surface area (Å²) in [4.78, 5) is 10.9. The van der Waals surface area contributed by atoms with Gasteiger partial charge in [0.05, 0.1) is 0 Å². The lowest BCUT2D eigenvalue weighted by molar-refractivity contribution is 0.105. The van der Waals surface area contributed by atoms with E-state index in [0.717, 1.165) is 6.07 Å². The van der Waals surface area contributed by atoms with Gasteiger partial charge in [-0.15, -0.1) is 6.42 Å². The van der Waals surface area contributed by atoms with E-state index in [1.165, 1.54) is 12.1 Å². The van der Waals surface area contributed by atoms with E-state index >= 15 is 0 Å². The Hall–Kier alpha value is -1.95. The number of phenolic OH excluding ortho intramolecular Hbond substituents is 2. The molecule has 0 aliphatic rings. The average molecular weight is 162 g/mol. The molecule has 1 rings (SSSR count). The molecule has 0 aliphatic heterocycles. The molecule has 0 amide bonds. The number of aromatic hydroxyl groups is 2. The molecule has 0 unspecified atom stereocenters. The second-order valence-electron chi connectivity index (χ2n) is 2.21. The van der Waals surface area contributed by atoms with E-state index in [9.17, 15) is 4.79 Å². The number of ketones is 1. The first-order chi connectivity index (χ1) is 5.63. The molecule has 12 heavy (non-hydrogen) atoms. The summed E-state index contributed by atoms with van der Waals surface area (Å²) in [7, 11) is 0. The summed E-state index contributed by atoms with van der Waals surface area (Å²) < 4.78 is 0. The van der Waals surface area contributed by atoms with Gasteiger partial charge in [-0.2, -0.15) is 0 Å². The van der Waals surface area contributed by atoms with Crippen LogP contribution < -0.4 is 0 Å². The van der Waals surface area contributed by atoms with Crippen molar-refractivity contribution in [3.63, 3.8) is 0 Å². The quantitative estimate of drug-likeness (QED) is 0.366. The van der Waals surface area contributed by atoms with Crippen LogP contribution in [0, 0.1) is 12.3 Å². The lowest BCUT2D eigenvalue weighted by Crippen LogP contribution is -1.93. The fourth-order valence-electron chi connectivity index (χ4n) is 0.810. The van der Waals surface area contributed by atoms with Gasteiger partial charge in [-0.05, 0) is 18.1 Å². The van der Waals surface area contributed by atoms with E-state index in [0.29, 0.717) is 0 Å². The smallest absolute Gasteiger partial charge is 0.235 e. The minimum atomic E-state index is -0.568. The Kier molecular flexibility index (Phi) is 2.02. The van der Waals surface area contributed by atoms with E-state index in [4.69, 9.17) is 16.6 Å². The predicted octanol–water partition coefficient (Wildman–Crippen LogP) is 0.914. The van der Waals surface area contributed by atoms with Gasteiger partial charge in [0.2, 0.25) is 5.78 Å². The molecule has 0 aliphatic carbocycles. The Morgan fingerprint density at radius 3 is 2.17 bits per heavy atom. The summed E-state index contributed by atoms with van der Waals surface area (Å²) >= 11 is 0. The van der Waals surface area contributed by atoms with E-state index in [-0.39, 0.29) is 17.1 Å². The van der Waals surface area contributed by atoms with Crippen molar-refractivity contribution in [2.24, 2.45) is 0 Å². The maximum absolute atomic E-state index is 10.9. The number of terminal acetylenes is 1. The standard InChI is InChI=1S/C9H6O3/c1-2-9(12)6-3-7(10)5-8(11)4-6/h1,3-5,10-11H. The Balaban J connectivity index is 3.19. The zero-order chi connectivity index (χ0) is 9.14. The van der Waals surface area contributed by atoms with Crippen LogP contribution >= 0.6 is 0 Å². The summed E-state index contributed by atoms with van der Waals surface area (Å²) in [6.45, 7) is 0. The highest BCUT2D eigenvalue weighted by atomic mass is 16.3. The van der Waals surface area contributed by atoms with Gasteiger partial charge in [-0.1, -0.05) is 0 Å². The number of hydrogen-bond acceptors (Lipinski definition) is 3. The minimum absolute atomic E-state index is 0.106. The molecule has 0 aromatic heterocycles. The molecule has 1 aromatic carbocycles. The van der Waals surface area contributed by atoms with Crippen LogP contribution in [-0.4, -0.2) is 16.0 Å². The zero-order valence-corrected chi connectivity index (χ0v) is 6.11. The number of carbonyl (C=O) groups excluding carboxylic acids is 1. The Bertz CT molecular complexity index is 340. The predicted molar refractivity (Wildman–Crippen MR) is 42.9 cm³/mol.